The lowest BCUT2D eigenvalue weighted by Crippen LogP contribution is -2.58. The number of carbonyl (C=O) groups is 1. The van der Waals surface area contributed by atoms with Crippen LogP contribution in [0.2, 0.25) is 0 Å². The number of nitrogens with one attached hydrogen (secondary N) is 2. The van der Waals surface area contributed by atoms with Crippen LogP contribution in [0.15, 0.2) is 24.3 Å². The van der Waals surface area contributed by atoms with E-state index < -0.39 is 0 Å². The average Bonchev–Trinajstić information content (AvgIpc) is 3.33. The molecule has 124 valence electrons. The van der Waals surface area contributed by atoms with Crippen LogP contribution in [-0.4, -0.2) is 35.1 Å². The number of carbonyl (C=O) groups excluding carboxylic acids is 1. The highest BCUT2D eigenvalue weighted by Crippen LogP contribution is 2.41. The molecule has 3 atom stereocenters. The van der Waals surface area contributed by atoms with E-state index in [1.165, 1.54) is 44.2 Å². The first-order valence-corrected chi connectivity index (χ1v) is 8.79. The molecule has 2 bridgehead atoms. The Morgan fingerprint density at radius 2 is 1.65 bits per heavy atom. The SMILES string of the molecule is O=C(Nc1ccc(F)cc1)NC1C[C@H]2CCC[C@@H](C1)N2C1CC1. The standard InChI is InChI=1S/C18H24FN3O/c19-12-4-6-13(7-5-12)20-18(23)21-14-10-16-2-1-3-17(11-14)22(16)15-8-9-15/h4-7,14-17H,1-3,8-11H2,(H2,20,21,23)/t14?,16-,17+. The highest BCUT2D eigenvalue weighted by molar-refractivity contribution is 5.89. The zero-order chi connectivity index (χ0) is 15.8. The van der Waals surface area contributed by atoms with Crippen molar-refractivity contribution in [3.8, 4) is 0 Å². The molecule has 1 aliphatic carbocycles. The summed E-state index contributed by atoms with van der Waals surface area (Å²) in [5, 5.41) is 5.92. The number of benzene rings is 1. The first kappa shape index (κ1) is 14.9. The number of anilines is 1. The second kappa shape index (κ2) is 6.11. The minimum atomic E-state index is -0.295. The topological polar surface area (TPSA) is 44.4 Å². The lowest BCUT2D eigenvalue weighted by atomic mass is 9.81. The average molecular weight is 317 g/mol. The van der Waals surface area contributed by atoms with Gasteiger partial charge in [0, 0.05) is 29.9 Å². The summed E-state index contributed by atoms with van der Waals surface area (Å²) in [4.78, 5) is 14.9. The molecule has 1 unspecified atom stereocenters. The molecule has 3 fully saturated rings. The molecule has 2 N–H and O–H groups in total. The number of rotatable bonds is 3. The van der Waals surface area contributed by atoms with Crippen molar-refractivity contribution in [3.63, 3.8) is 0 Å². The number of fused-ring (bicyclic) bond motifs is 2. The molecule has 2 saturated heterocycles. The summed E-state index contributed by atoms with van der Waals surface area (Å²) in [6.45, 7) is 0. The largest absolute Gasteiger partial charge is 0.335 e. The monoisotopic (exact) mass is 317 g/mol. The van der Waals surface area contributed by atoms with E-state index in [0.29, 0.717) is 17.8 Å². The normalized spacial score (nSPS) is 30.7. The van der Waals surface area contributed by atoms with Crippen molar-refractivity contribution >= 4 is 11.7 Å². The zero-order valence-corrected chi connectivity index (χ0v) is 13.3. The van der Waals surface area contributed by atoms with E-state index in [1.807, 2.05) is 0 Å². The summed E-state index contributed by atoms with van der Waals surface area (Å²) in [5.74, 6) is -0.295. The van der Waals surface area contributed by atoms with E-state index in [9.17, 15) is 9.18 Å². The Morgan fingerprint density at radius 3 is 2.26 bits per heavy atom. The summed E-state index contributed by atoms with van der Waals surface area (Å²) >= 11 is 0. The van der Waals surface area contributed by atoms with Gasteiger partial charge < -0.3 is 10.6 Å². The van der Waals surface area contributed by atoms with Gasteiger partial charge in [0.15, 0.2) is 0 Å². The van der Waals surface area contributed by atoms with Crippen LogP contribution in [0.25, 0.3) is 0 Å². The van der Waals surface area contributed by atoms with Gasteiger partial charge in [-0.25, -0.2) is 9.18 Å². The van der Waals surface area contributed by atoms with Crippen LogP contribution in [-0.2, 0) is 0 Å². The molecular weight excluding hydrogens is 293 g/mol. The molecule has 4 rings (SSSR count). The molecule has 23 heavy (non-hydrogen) atoms. The predicted octanol–water partition coefficient (Wildman–Crippen LogP) is 3.50. The Balaban J connectivity index is 1.34. The van der Waals surface area contributed by atoms with Gasteiger partial charge in [-0.1, -0.05) is 6.42 Å². The Hall–Kier alpha value is -1.62. The molecule has 1 aromatic rings. The second-order valence-corrected chi connectivity index (χ2v) is 7.19. The van der Waals surface area contributed by atoms with Gasteiger partial charge in [0.25, 0.3) is 0 Å². The van der Waals surface area contributed by atoms with Crippen LogP contribution >= 0.6 is 0 Å². The number of hydrogen-bond donors (Lipinski definition) is 2. The molecule has 2 amide bonds. The van der Waals surface area contributed by atoms with E-state index in [2.05, 4.69) is 15.5 Å². The van der Waals surface area contributed by atoms with Crippen LogP contribution in [0.5, 0.6) is 0 Å². The van der Waals surface area contributed by atoms with E-state index in [4.69, 9.17) is 0 Å². The lowest BCUT2D eigenvalue weighted by Gasteiger charge is -2.49. The zero-order valence-electron chi connectivity index (χ0n) is 13.3. The number of urea groups is 1. The van der Waals surface area contributed by atoms with Crippen LogP contribution in [0.1, 0.15) is 44.9 Å². The lowest BCUT2D eigenvalue weighted by molar-refractivity contribution is 0.0198. The summed E-state index contributed by atoms with van der Waals surface area (Å²) in [6, 6.07) is 8.05. The smallest absolute Gasteiger partial charge is 0.319 e. The summed E-state index contributed by atoms with van der Waals surface area (Å²) in [7, 11) is 0. The first-order valence-electron chi connectivity index (χ1n) is 8.79. The molecule has 2 heterocycles. The number of hydrogen-bond acceptors (Lipinski definition) is 2. The molecule has 0 aromatic heterocycles. The number of amides is 2. The van der Waals surface area contributed by atoms with Gasteiger partial charge in [-0.3, -0.25) is 4.90 Å². The Morgan fingerprint density at radius 1 is 1.00 bits per heavy atom. The third kappa shape index (κ3) is 3.34. The maximum absolute atomic E-state index is 12.9. The van der Waals surface area contributed by atoms with Gasteiger partial charge >= 0.3 is 6.03 Å². The van der Waals surface area contributed by atoms with Crippen LogP contribution < -0.4 is 10.6 Å². The molecule has 3 aliphatic rings. The van der Waals surface area contributed by atoms with Crippen LogP contribution in [0.3, 0.4) is 0 Å². The molecule has 2 aliphatic heterocycles. The Bertz CT molecular complexity index is 558. The fourth-order valence-corrected chi connectivity index (χ4v) is 4.39. The summed E-state index contributed by atoms with van der Waals surface area (Å²) in [5.41, 5.74) is 0.625. The van der Waals surface area contributed by atoms with Gasteiger partial charge in [0.05, 0.1) is 0 Å². The first-order chi connectivity index (χ1) is 11.2. The predicted molar refractivity (Wildman–Crippen MR) is 87.9 cm³/mol. The van der Waals surface area contributed by atoms with E-state index in [0.717, 1.165) is 18.9 Å². The van der Waals surface area contributed by atoms with Gasteiger partial charge in [-0.15, -0.1) is 0 Å². The van der Waals surface area contributed by atoms with Crippen molar-refractivity contribution in [2.75, 3.05) is 5.32 Å². The number of piperidine rings is 2. The highest BCUT2D eigenvalue weighted by atomic mass is 19.1. The van der Waals surface area contributed by atoms with Crippen LogP contribution in [0.4, 0.5) is 14.9 Å². The van der Waals surface area contributed by atoms with Crippen molar-refractivity contribution < 1.29 is 9.18 Å². The van der Waals surface area contributed by atoms with Gasteiger partial charge in [-0.2, -0.15) is 0 Å². The van der Waals surface area contributed by atoms with E-state index in [1.54, 1.807) is 12.1 Å². The fourth-order valence-electron chi connectivity index (χ4n) is 4.39. The third-order valence-electron chi connectivity index (χ3n) is 5.44. The van der Waals surface area contributed by atoms with E-state index >= 15 is 0 Å². The van der Waals surface area contributed by atoms with Crippen molar-refractivity contribution in [3.05, 3.63) is 30.1 Å². The second-order valence-electron chi connectivity index (χ2n) is 7.19. The van der Waals surface area contributed by atoms with Gasteiger partial charge in [0.1, 0.15) is 5.82 Å². The molecule has 5 heteroatoms. The molecular formula is C18H24FN3O. The molecule has 0 radical (unpaired) electrons. The summed E-state index contributed by atoms with van der Waals surface area (Å²) < 4.78 is 12.9. The maximum Gasteiger partial charge on any atom is 0.319 e. The van der Waals surface area contributed by atoms with Crippen molar-refractivity contribution in [2.24, 2.45) is 0 Å². The quantitative estimate of drug-likeness (QED) is 0.896. The molecule has 0 spiro atoms. The van der Waals surface area contributed by atoms with Crippen molar-refractivity contribution in [1.29, 1.82) is 0 Å². The van der Waals surface area contributed by atoms with Crippen molar-refractivity contribution in [2.45, 2.75) is 69.1 Å². The number of halogens is 1. The Labute approximate surface area is 136 Å². The maximum atomic E-state index is 12.9. The summed E-state index contributed by atoms with van der Waals surface area (Å²) in [6.07, 6.45) is 8.70. The fraction of sp³-hybridized carbons (Fsp3) is 0.611. The third-order valence-corrected chi connectivity index (χ3v) is 5.44. The van der Waals surface area contributed by atoms with Crippen LogP contribution in [0, 0.1) is 5.82 Å². The highest BCUT2D eigenvalue weighted by Gasteiger charge is 2.45. The van der Waals surface area contributed by atoms with Gasteiger partial charge in [-0.05, 0) is 62.8 Å². The van der Waals surface area contributed by atoms with Crippen molar-refractivity contribution in [1.82, 2.24) is 10.2 Å². The molecule has 4 nitrogen and oxygen atoms in total. The van der Waals surface area contributed by atoms with E-state index in [-0.39, 0.29) is 17.9 Å². The molecule has 1 aromatic carbocycles. The molecule has 1 saturated carbocycles. The van der Waals surface area contributed by atoms with Gasteiger partial charge in [0.2, 0.25) is 0 Å². The minimum Gasteiger partial charge on any atom is -0.335 e. The number of nitrogens with zero attached hydrogens (tertiary/aromatic N) is 1. The minimum absolute atomic E-state index is 0.181. The Kier molecular flexibility index (Phi) is 3.97.